The number of para-hydroxylation sites is 1. The number of hydrogen-bond acceptors (Lipinski definition) is 4. The molecule has 0 fully saturated rings. The fraction of sp³-hybridized carbons (Fsp3) is 0.286. The number of carbonyl (C=O) groups is 2. The van der Waals surface area contributed by atoms with Gasteiger partial charge in [0.15, 0.2) is 0 Å². The zero-order valence-electron chi connectivity index (χ0n) is 21.2. The van der Waals surface area contributed by atoms with Crippen LogP contribution in [0.4, 0.5) is 10.1 Å². The van der Waals surface area contributed by atoms with E-state index in [1.807, 2.05) is 31.2 Å². The second-order valence-corrected chi connectivity index (χ2v) is 10.5. The molecule has 0 saturated carbocycles. The molecule has 0 spiro atoms. The minimum Gasteiger partial charge on any atom is -0.355 e. The van der Waals surface area contributed by atoms with Crippen LogP contribution in [0.5, 0.6) is 0 Å². The highest BCUT2D eigenvalue weighted by Gasteiger charge is 2.33. The highest BCUT2D eigenvalue weighted by Crippen LogP contribution is 2.25. The van der Waals surface area contributed by atoms with Gasteiger partial charge in [0.25, 0.3) is 10.0 Å². The van der Waals surface area contributed by atoms with Crippen LogP contribution < -0.4 is 9.62 Å². The van der Waals surface area contributed by atoms with Crippen LogP contribution in [-0.2, 0) is 26.2 Å². The molecule has 1 N–H and O–H groups in total. The van der Waals surface area contributed by atoms with Crippen molar-refractivity contribution in [3.05, 3.63) is 95.8 Å². The molecule has 0 heterocycles. The van der Waals surface area contributed by atoms with Gasteiger partial charge in [0.05, 0.1) is 10.6 Å². The normalized spacial score (nSPS) is 12.0. The van der Waals surface area contributed by atoms with Gasteiger partial charge in [-0.2, -0.15) is 0 Å². The fourth-order valence-electron chi connectivity index (χ4n) is 4.08. The quantitative estimate of drug-likeness (QED) is 0.405. The lowest BCUT2D eigenvalue weighted by molar-refractivity contribution is -0.140. The number of hydrogen-bond donors (Lipinski definition) is 1. The van der Waals surface area contributed by atoms with Crippen molar-refractivity contribution in [2.45, 2.75) is 44.7 Å². The van der Waals surface area contributed by atoms with Crippen LogP contribution in [0.3, 0.4) is 0 Å². The Morgan fingerprint density at radius 3 is 2.22 bits per heavy atom. The Balaban J connectivity index is 2.03. The van der Waals surface area contributed by atoms with Gasteiger partial charge in [-0.15, -0.1) is 0 Å². The number of likely N-dealkylation sites (N-methyl/N-ethyl adjacent to an activating group) is 1. The summed E-state index contributed by atoms with van der Waals surface area (Å²) >= 11 is 0. The number of amides is 2. The summed E-state index contributed by atoms with van der Waals surface area (Å²) < 4.78 is 41.8. The summed E-state index contributed by atoms with van der Waals surface area (Å²) in [5, 5.41) is 2.78. The van der Waals surface area contributed by atoms with Gasteiger partial charge in [-0.25, -0.2) is 12.8 Å². The van der Waals surface area contributed by atoms with Gasteiger partial charge in [-0.1, -0.05) is 55.0 Å². The highest BCUT2D eigenvalue weighted by atomic mass is 32.2. The molecular formula is C28H32FN3O4S. The largest absolute Gasteiger partial charge is 0.355 e. The number of rotatable bonds is 11. The van der Waals surface area contributed by atoms with E-state index in [0.29, 0.717) is 13.0 Å². The summed E-state index contributed by atoms with van der Waals surface area (Å²) in [7, 11) is -4.22. The molecule has 9 heteroatoms. The Morgan fingerprint density at radius 1 is 0.946 bits per heavy atom. The number of nitrogens with one attached hydrogen (secondary N) is 1. The fourth-order valence-corrected chi connectivity index (χ4v) is 5.49. The molecule has 37 heavy (non-hydrogen) atoms. The summed E-state index contributed by atoms with van der Waals surface area (Å²) in [5.74, 6) is -1.41. The number of nitrogens with zero attached hydrogens (tertiary/aromatic N) is 2. The molecule has 0 aromatic heterocycles. The van der Waals surface area contributed by atoms with Gasteiger partial charge in [0.1, 0.15) is 18.4 Å². The molecule has 1 unspecified atom stereocenters. The molecule has 3 rings (SSSR count). The van der Waals surface area contributed by atoms with Crippen molar-refractivity contribution < 1.29 is 22.4 Å². The van der Waals surface area contributed by atoms with Crippen molar-refractivity contribution in [1.29, 1.82) is 0 Å². The lowest BCUT2D eigenvalue weighted by Crippen LogP contribution is -2.52. The molecule has 3 aromatic carbocycles. The van der Waals surface area contributed by atoms with Gasteiger partial charge >= 0.3 is 0 Å². The molecule has 7 nitrogen and oxygen atoms in total. The maximum atomic E-state index is 13.8. The van der Waals surface area contributed by atoms with E-state index in [-0.39, 0.29) is 23.0 Å². The Labute approximate surface area is 218 Å². The number of halogens is 1. The summed E-state index contributed by atoms with van der Waals surface area (Å²) in [5.41, 5.74) is 2.10. The van der Waals surface area contributed by atoms with Gasteiger partial charge in [0, 0.05) is 13.1 Å². The minimum absolute atomic E-state index is 0.134. The average Bonchev–Trinajstić information content (AvgIpc) is 2.88. The lowest BCUT2D eigenvalue weighted by Gasteiger charge is -2.33. The Hall–Kier alpha value is -3.72. The van der Waals surface area contributed by atoms with Gasteiger partial charge in [0.2, 0.25) is 11.8 Å². The zero-order chi connectivity index (χ0) is 27.0. The molecule has 3 aromatic rings. The van der Waals surface area contributed by atoms with Gasteiger partial charge in [-0.05, 0) is 62.2 Å². The van der Waals surface area contributed by atoms with Crippen LogP contribution in [0, 0.1) is 12.7 Å². The van der Waals surface area contributed by atoms with Crippen molar-refractivity contribution in [3.8, 4) is 0 Å². The van der Waals surface area contributed by atoms with E-state index in [4.69, 9.17) is 0 Å². The van der Waals surface area contributed by atoms with Crippen LogP contribution in [0.25, 0.3) is 0 Å². The van der Waals surface area contributed by atoms with E-state index in [0.717, 1.165) is 27.6 Å². The third-order valence-electron chi connectivity index (χ3n) is 5.90. The maximum absolute atomic E-state index is 13.8. The molecule has 0 aliphatic heterocycles. The summed E-state index contributed by atoms with van der Waals surface area (Å²) in [6.07, 6.45) is 0.347. The standard InChI is InChI=1S/C28H32FN3O4S/c1-4-26(28(34)30-5-2)31(19-22-11-9-10-21(3)18-22)27(33)20-32(24-12-7-6-8-13-24)37(35,36)25-16-14-23(29)15-17-25/h6-18,26H,4-5,19-20H2,1-3H3,(H,30,34). The van der Waals surface area contributed by atoms with E-state index in [1.165, 1.54) is 17.0 Å². The first-order valence-electron chi connectivity index (χ1n) is 12.1. The number of aryl methyl sites for hydroxylation is 1. The third kappa shape index (κ3) is 6.95. The smallest absolute Gasteiger partial charge is 0.264 e. The minimum atomic E-state index is -4.22. The number of sulfonamides is 1. The Kier molecular flexibility index (Phi) is 9.41. The highest BCUT2D eigenvalue weighted by molar-refractivity contribution is 7.92. The molecular weight excluding hydrogens is 493 g/mol. The zero-order valence-corrected chi connectivity index (χ0v) is 22.0. The Morgan fingerprint density at radius 2 is 1.62 bits per heavy atom. The molecule has 0 aliphatic carbocycles. The molecule has 0 saturated heterocycles. The molecule has 2 amide bonds. The second-order valence-electron chi connectivity index (χ2n) is 8.63. The molecule has 196 valence electrons. The summed E-state index contributed by atoms with van der Waals surface area (Å²) in [4.78, 5) is 28.0. The van der Waals surface area contributed by atoms with Crippen molar-refractivity contribution in [1.82, 2.24) is 10.2 Å². The molecule has 0 bridgehead atoms. The van der Waals surface area contributed by atoms with E-state index in [1.54, 1.807) is 44.2 Å². The van der Waals surface area contributed by atoms with Crippen molar-refractivity contribution in [3.63, 3.8) is 0 Å². The average molecular weight is 526 g/mol. The number of carbonyl (C=O) groups excluding carboxylic acids is 2. The van der Waals surface area contributed by atoms with E-state index in [2.05, 4.69) is 5.32 Å². The monoisotopic (exact) mass is 525 g/mol. The van der Waals surface area contributed by atoms with E-state index >= 15 is 0 Å². The first-order chi connectivity index (χ1) is 17.7. The van der Waals surface area contributed by atoms with Crippen LogP contribution in [-0.4, -0.2) is 44.3 Å². The van der Waals surface area contributed by atoms with Gasteiger partial charge < -0.3 is 10.2 Å². The maximum Gasteiger partial charge on any atom is 0.264 e. The first kappa shape index (κ1) is 27.9. The molecule has 1 atom stereocenters. The van der Waals surface area contributed by atoms with Crippen LogP contribution >= 0.6 is 0 Å². The van der Waals surface area contributed by atoms with Crippen molar-refractivity contribution in [2.24, 2.45) is 0 Å². The van der Waals surface area contributed by atoms with Crippen LogP contribution in [0.2, 0.25) is 0 Å². The number of anilines is 1. The predicted molar refractivity (Wildman–Crippen MR) is 142 cm³/mol. The van der Waals surface area contributed by atoms with E-state index in [9.17, 15) is 22.4 Å². The summed E-state index contributed by atoms with van der Waals surface area (Å²) in [6, 6.07) is 19.5. The summed E-state index contributed by atoms with van der Waals surface area (Å²) in [6.45, 7) is 5.53. The SMILES string of the molecule is CCNC(=O)C(CC)N(Cc1cccc(C)c1)C(=O)CN(c1ccccc1)S(=O)(=O)c1ccc(F)cc1. The first-order valence-corrected chi connectivity index (χ1v) is 13.6. The van der Waals surface area contributed by atoms with E-state index < -0.39 is 34.3 Å². The second kappa shape index (κ2) is 12.5. The third-order valence-corrected chi connectivity index (χ3v) is 7.69. The topological polar surface area (TPSA) is 86.8 Å². The van der Waals surface area contributed by atoms with Crippen molar-refractivity contribution >= 4 is 27.5 Å². The Bertz CT molecular complexity index is 1310. The van der Waals surface area contributed by atoms with Crippen LogP contribution in [0.15, 0.2) is 83.8 Å². The molecule has 0 aliphatic rings. The molecule has 0 radical (unpaired) electrons. The predicted octanol–water partition coefficient (Wildman–Crippen LogP) is 4.27. The van der Waals surface area contributed by atoms with Crippen molar-refractivity contribution in [2.75, 3.05) is 17.4 Å². The number of benzene rings is 3. The van der Waals surface area contributed by atoms with Crippen LogP contribution in [0.1, 0.15) is 31.4 Å². The lowest BCUT2D eigenvalue weighted by atomic mass is 10.1. The van der Waals surface area contributed by atoms with Gasteiger partial charge in [-0.3, -0.25) is 13.9 Å².